The molecule has 1 heterocycles. The minimum absolute atomic E-state index is 0.0406. The van der Waals surface area contributed by atoms with E-state index in [1.807, 2.05) is 0 Å². The second-order valence-electron chi connectivity index (χ2n) is 4.02. The maximum Gasteiger partial charge on any atom is 0.323 e. The summed E-state index contributed by atoms with van der Waals surface area (Å²) in [5, 5.41) is 28.7. The molecule has 0 saturated carbocycles. The van der Waals surface area contributed by atoms with Crippen LogP contribution in [0.25, 0.3) is 11.8 Å². The van der Waals surface area contributed by atoms with Gasteiger partial charge in [-0.05, 0) is 11.6 Å². The van der Waals surface area contributed by atoms with Gasteiger partial charge in [0.15, 0.2) is 0 Å². The minimum Gasteiger partial charge on any atom is -0.481 e. The average molecular weight is 295 g/mol. The number of nitrogens with two attached hydrogens (primary N) is 1. The molecule has 4 N–H and O–H groups in total. The first-order valence-corrected chi connectivity index (χ1v) is 5.66. The van der Waals surface area contributed by atoms with Crippen molar-refractivity contribution < 1.29 is 24.7 Å². The summed E-state index contributed by atoms with van der Waals surface area (Å²) < 4.78 is 1.18. The van der Waals surface area contributed by atoms with Crippen LogP contribution in [0.3, 0.4) is 0 Å². The highest BCUT2D eigenvalue weighted by Gasteiger charge is 2.26. The molecule has 0 bridgehead atoms. The van der Waals surface area contributed by atoms with Crippen LogP contribution in [0.4, 0.5) is 0 Å². The molecule has 9 heteroatoms. The predicted molar refractivity (Wildman–Crippen MR) is 72.7 cm³/mol. The van der Waals surface area contributed by atoms with Gasteiger partial charge in [-0.15, -0.1) is 0 Å². The largest absolute Gasteiger partial charge is 0.481 e. The van der Waals surface area contributed by atoms with Crippen LogP contribution in [0.5, 0.6) is 0 Å². The Morgan fingerprint density at radius 2 is 2.05 bits per heavy atom. The SMILES string of the molecule is C=Cc1c(/C(=C/N)[N+](=O)[O-])c(CC(=O)O)cn1CC(=O)O. The molecule has 0 aliphatic heterocycles. The molecule has 0 fully saturated rings. The molecule has 0 unspecified atom stereocenters. The molecule has 1 aromatic heterocycles. The molecule has 0 saturated heterocycles. The van der Waals surface area contributed by atoms with Gasteiger partial charge in [-0.2, -0.15) is 0 Å². The van der Waals surface area contributed by atoms with E-state index in [-0.39, 0.29) is 16.8 Å². The van der Waals surface area contributed by atoms with Gasteiger partial charge >= 0.3 is 11.9 Å². The maximum atomic E-state index is 11.0. The van der Waals surface area contributed by atoms with Crippen molar-refractivity contribution >= 4 is 23.7 Å². The lowest BCUT2D eigenvalue weighted by atomic mass is 10.1. The summed E-state index contributed by atoms with van der Waals surface area (Å²) in [4.78, 5) is 31.9. The van der Waals surface area contributed by atoms with Crippen LogP contribution in [0.2, 0.25) is 0 Å². The van der Waals surface area contributed by atoms with Crippen molar-refractivity contribution in [2.24, 2.45) is 5.73 Å². The highest BCUT2D eigenvalue weighted by Crippen LogP contribution is 2.27. The fraction of sp³-hybridized carbons (Fsp3) is 0.167. The van der Waals surface area contributed by atoms with Crippen LogP contribution in [0.1, 0.15) is 16.8 Å². The third-order valence-corrected chi connectivity index (χ3v) is 2.65. The number of carboxylic acids is 2. The van der Waals surface area contributed by atoms with Crippen LogP contribution in [0.15, 0.2) is 19.0 Å². The molecule has 0 atom stereocenters. The van der Waals surface area contributed by atoms with Crippen LogP contribution < -0.4 is 5.73 Å². The fourth-order valence-electron chi connectivity index (χ4n) is 1.95. The number of carboxylic acid groups (broad SMARTS) is 2. The predicted octanol–water partition coefficient (Wildman–Crippen LogP) is 0.377. The van der Waals surface area contributed by atoms with Crippen molar-refractivity contribution in [3.05, 3.63) is 45.9 Å². The number of hydrogen-bond donors (Lipinski definition) is 3. The van der Waals surface area contributed by atoms with E-state index in [4.69, 9.17) is 15.9 Å². The van der Waals surface area contributed by atoms with Gasteiger partial charge in [0.25, 0.3) is 5.70 Å². The van der Waals surface area contributed by atoms with Gasteiger partial charge in [0.05, 0.1) is 28.8 Å². The number of rotatable bonds is 7. The zero-order chi connectivity index (χ0) is 16.2. The van der Waals surface area contributed by atoms with E-state index in [9.17, 15) is 19.7 Å². The second-order valence-corrected chi connectivity index (χ2v) is 4.02. The summed E-state index contributed by atoms with van der Waals surface area (Å²) in [6, 6.07) is 0. The second kappa shape index (κ2) is 6.37. The molecular weight excluding hydrogens is 282 g/mol. The van der Waals surface area contributed by atoms with E-state index < -0.39 is 35.5 Å². The molecule has 0 aliphatic rings. The number of aromatic nitrogens is 1. The van der Waals surface area contributed by atoms with Gasteiger partial charge in [0.2, 0.25) is 0 Å². The Morgan fingerprint density at radius 3 is 2.43 bits per heavy atom. The molecule has 0 radical (unpaired) electrons. The van der Waals surface area contributed by atoms with E-state index in [2.05, 4.69) is 6.58 Å². The van der Waals surface area contributed by atoms with E-state index >= 15 is 0 Å². The van der Waals surface area contributed by atoms with E-state index in [0.717, 1.165) is 6.20 Å². The molecule has 0 aliphatic carbocycles. The van der Waals surface area contributed by atoms with Gasteiger partial charge in [0, 0.05) is 6.20 Å². The molecule has 21 heavy (non-hydrogen) atoms. The normalized spacial score (nSPS) is 11.1. The van der Waals surface area contributed by atoms with Crippen LogP contribution in [-0.4, -0.2) is 31.6 Å². The average Bonchev–Trinajstić information content (AvgIpc) is 2.66. The Balaban J connectivity index is 3.58. The lowest BCUT2D eigenvalue weighted by Crippen LogP contribution is -2.10. The number of nitrogens with zero attached hydrogens (tertiary/aromatic N) is 2. The van der Waals surface area contributed by atoms with Crippen molar-refractivity contribution in [2.45, 2.75) is 13.0 Å². The zero-order valence-corrected chi connectivity index (χ0v) is 10.9. The summed E-state index contributed by atoms with van der Waals surface area (Å²) in [5.41, 5.74) is 4.90. The number of nitro groups is 1. The molecule has 1 aromatic rings. The zero-order valence-electron chi connectivity index (χ0n) is 10.9. The Hall–Kier alpha value is -3.10. The smallest absolute Gasteiger partial charge is 0.323 e. The van der Waals surface area contributed by atoms with Gasteiger partial charge in [-0.25, -0.2) is 0 Å². The summed E-state index contributed by atoms with van der Waals surface area (Å²) in [7, 11) is 0. The summed E-state index contributed by atoms with van der Waals surface area (Å²) in [5.74, 6) is -2.39. The van der Waals surface area contributed by atoms with Gasteiger partial charge < -0.3 is 20.5 Å². The van der Waals surface area contributed by atoms with E-state index in [1.54, 1.807) is 0 Å². The molecule has 9 nitrogen and oxygen atoms in total. The van der Waals surface area contributed by atoms with Crippen molar-refractivity contribution in [1.82, 2.24) is 4.57 Å². The molecular formula is C12H13N3O6. The van der Waals surface area contributed by atoms with Crippen molar-refractivity contribution in [2.75, 3.05) is 0 Å². The maximum absolute atomic E-state index is 11.0. The molecule has 112 valence electrons. The standard InChI is InChI=1S/C12H13N3O6/c1-2-8-12(9(4-13)15(20)21)7(3-10(16)17)5-14(8)6-11(18)19/h2,4-5H,1,3,6,13H2,(H,16,17)(H,18,19)/b9-4-. The lowest BCUT2D eigenvalue weighted by Gasteiger charge is -2.04. The third-order valence-electron chi connectivity index (χ3n) is 2.65. The summed E-state index contributed by atoms with van der Waals surface area (Å²) in [6.45, 7) is 2.99. The number of aliphatic carboxylic acids is 2. The fourth-order valence-corrected chi connectivity index (χ4v) is 1.95. The first-order valence-electron chi connectivity index (χ1n) is 5.66. The minimum atomic E-state index is -1.21. The topological polar surface area (TPSA) is 149 Å². The van der Waals surface area contributed by atoms with Gasteiger partial charge in [0.1, 0.15) is 6.54 Å². The Morgan fingerprint density at radius 1 is 1.43 bits per heavy atom. The number of carbonyl (C=O) groups is 2. The van der Waals surface area contributed by atoms with Crippen molar-refractivity contribution in [1.29, 1.82) is 0 Å². The van der Waals surface area contributed by atoms with E-state index in [0.29, 0.717) is 0 Å². The van der Waals surface area contributed by atoms with Gasteiger partial charge in [-0.3, -0.25) is 19.7 Å². The third kappa shape index (κ3) is 3.47. The van der Waals surface area contributed by atoms with Crippen molar-refractivity contribution in [3.63, 3.8) is 0 Å². The monoisotopic (exact) mass is 295 g/mol. The lowest BCUT2D eigenvalue weighted by molar-refractivity contribution is -0.375. The molecule has 0 amide bonds. The summed E-state index contributed by atoms with van der Waals surface area (Å²) in [6.07, 6.45) is 2.69. The van der Waals surface area contributed by atoms with Gasteiger partial charge in [-0.1, -0.05) is 6.58 Å². The molecule has 0 aromatic carbocycles. The highest BCUT2D eigenvalue weighted by atomic mass is 16.6. The first kappa shape index (κ1) is 16.0. The molecule has 0 spiro atoms. The Labute approximate surface area is 118 Å². The van der Waals surface area contributed by atoms with E-state index in [1.165, 1.54) is 16.8 Å². The quantitative estimate of drug-likeness (QED) is 0.486. The molecule has 1 rings (SSSR count). The Kier molecular flexibility index (Phi) is 4.84. The first-order chi connectivity index (χ1) is 9.81. The number of hydrogen-bond acceptors (Lipinski definition) is 5. The van der Waals surface area contributed by atoms with Crippen molar-refractivity contribution in [3.8, 4) is 0 Å². The van der Waals surface area contributed by atoms with Crippen LogP contribution in [0, 0.1) is 10.1 Å². The highest BCUT2D eigenvalue weighted by molar-refractivity contribution is 5.78. The summed E-state index contributed by atoms with van der Waals surface area (Å²) >= 11 is 0. The Bertz CT molecular complexity index is 644. The van der Waals surface area contributed by atoms with Crippen LogP contribution >= 0.6 is 0 Å². The van der Waals surface area contributed by atoms with Crippen LogP contribution in [-0.2, 0) is 22.6 Å².